The van der Waals surface area contributed by atoms with Crippen LogP contribution in [0.15, 0.2) is 24.3 Å². The van der Waals surface area contributed by atoms with Crippen molar-refractivity contribution in [1.29, 1.82) is 0 Å². The fourth-order valence-electron chi connectivity index (χ4n) is 2.71. The summed E-state index contributed by atoms with van der Waals surface area (Å²) in [6.45, 7) is 3.09. The van der Waals surface area contributed by atoms with E-state index in [0.717, 1.165) is 4.90 Å². The molecule has 0 saturated carbocycles. The number of hydrogen-bond acceptors (Lipinski definition) is 6. The van der Waals surface area contributed by atoms with Crippen LogP contribution in [0.3, 0.4) is 0 Å². The fourth-order valence-corrected chi connectivity index (χ4v) is 2.71. The van der Waals surface area contributed by atoms with Gasteiger partial charge >= 0.3 is 6.03 Å². The zero-order chi connectivity index (χ0) is 19.5. The van der Waals surface area contributed by atoms with Crippen LogP contribution in [0, 0.1) is 10.1 Å². The number of carbonyl (C=O) groups excluding carboxylic acids is 3. The van der Waals surface area contributed by atoms with Gasteiger partial charge in [0.05, 0.1) is 11.5 Å². The Morgan fingerprint density at radius 1 is 1.38 bits per heavy atom. The summed E-state index contributed by atoms with van der Waals surface area (Å²) in [4.78, 5) is 47.9. The van der Waals surface area contributed by atoms with Gasteiger partial charge in [-0.3, -0.25) is 24.6 Å². The molecule has 0 aliphatic carbocycles. The molecule has 1 aliphatic heterocycles. The van der Waals surface area contributed by atoms with Gasteiger partial charge in [-0.2, -0.15) is 0 Å². The molecule has 26 heavy (non-hydrogen) atoms. The molecule has 1 aromatic carbocycles. The second-order valence-corrected chi connectivity index (χ2v) is 6.17. The number of nitrogens with zero attached hydrogens (tertiary/aromatic N) is 2. The Bertz CT molecular complexity index is 735. The van der Waals surface area contributed by atoms with E-state index in [9.17, 15) is 24.5 Å². The van der Waals surface area contributed by atoms with Crippen molar-refractivity contribution in [3.63, 3.8) is 0 Å². The number of non-ortho nitro benzene ring substituents is 1. The number of amides is 4. The number of ether oxygens (including phenoxy) is 1. The number of rotatable bonds is 7. The lowest BCUT2D eigenvalue weighted by Gasteiger charge is -2.22. The molecule has 1 heterocycles. The number of imide groups is 1. The maximum Gasteiger partial charge on any atom is 0.325 e. The maximum atomic E-state index is 12.7. The number of carbonyl (C=O) groups is 3. The van der Waals surface area contributed by atoms with Crippen molar-refractivity contribution in [2.24, 2.45) is 0 Å². The zero-order valence-corrected chi connectivity index (χ0v) is 14.6. The Labute approximate surface area is 149 Å². The van der Waals surface area contributed by atoms with E-state index in [2.05, 4.69) is 10.6 Å². The molecule has 0 spiro atoms. The summed E-state index contributed by atoms with van der Waals surface area (Å²) < 4.78 is 4.91. The summed E-state index contributed by atoms with van der Waals surface area (Å²) in [6, 6.07) is 4.34. The molecule has 0 aromatic heterocycles. The van der Waals surface area contributed by atoms with Crippen LogP contribution in [0.25, 0.3) is 0 Å². The van der Waals surface area contributed by atoms with Crippen molar-refractivity contribution in [2.75, 3.05) is 20.3 Å². The Balaban J connectivity index is 2.14. The van der Waals surface area contributed by atoms with E-state index in [1.807, 2.05) is 0 Å². The molecule has 4 amide bonds. The van der Waals surface area contributed by atoms with Crippen LogP contribution in [0.2, 0.25) is 0 Å². The number of methoxy groups -OCH3 is 1. The molecular weight excluding hydrogens is 344 g/mol. The highest BCUT2D eigenvalue weighted by Crippen LogP contribution is 2.29. The topological polar surface area (TPSA) is 131 Å². The number of benzene rings is 1. The van der Waals surface area contributed by atoms with Gasteiger partial charge in [-0.15, -0.1) is 0 Å². The number of nitrogens with one attached hydrogen (secondary N) is 2. The third-order valence-corrected chi connectivity index (χ3v) is 4.06. The van der Waals surface area contributed by atoms with Crippen molar-refractivity contribution in [2.45, 2.75) is 25.4 Å². The highest BCUT2D eigenvalue weighted by atomic mass is 16.6. The predicted octanol–water partition coefficient (Wildman–Crippen LogP) is 0.513. The van der Waals surface area contributed by atoms with Gasteiger partial charge in [0.25, 0.3) is 11.6 Å². The molecule has 2 atom stereocenters. The molecule has 10 heteroatoms. The number of hydrogen-bond donors (Lipinski definition) is 2. The van der Waals surface area contributed by atoms with Gasteiger partial charge in [-0.05, 0) is 31.5 Å². The minimum atomic E-state index is -1.40. The first-order valence-electron chi connectivity index (χ1n) is 7.86. The van der Waals surface area contributed by atoms with Crippen LogP contribution in [0.5, 0.6) is 0 Å². The monoisotopic (exact) mass is 364 g/mol. The summed E-state index contributed by atoms with van der Waals surface area (Å²) >= 11 is 0. The molecule has 1 aliphatic rings. The van der Waals surface area contributed by atoms with E-state index < -0.39 is 34.9 Å². The summed E-state index contributed by atoms with van der Waals surface area (Å²) in [5, 5.41) is 15.9. The van der Waals surface area contributed by atoms with Crippen LogP contribution in [0.1, 0.15) is 19.4 Å². The van der Waals surface area contributed by atoms with Crippen molar-refractivity contribution >= 4 is 23.5 Å². The predicted molar refractivity (Wildman–Crippen MR) is 90.2 cm³/mol. The summed E-state index contributed by atoms with van der Waals surface area (Å²) in [7, 11) is 1.50. The van der Waals surface area contributed by atoms with Crippen LogP contribution in [-0.2, 0) is 19.9 Å². The van der Waals surface area contributed by atoms with Crippen LogP contribution < -0.4 is 10.6 Å². The molecule has 2 N–H and O–H groups in total. The van der Waals surface area contributed by atoms with Crippen LogP contribution >= 0.6 is 0 Å². The largest absolute Gasteiger partial charge is 0.383 e. The Morgan fingerprint density at radius 3 is 2.54 bits per heavy atom. The summed E-state index contributed by atoms with van der Waals surface area (Å²) in [5.41, 5.74) is -1.14. The SMILES string of the molecule is COC[C@H](C)NC(=O)CN1C(=O)N[C@](C)(c2ccc([N+](=O)[O-])cc2)C1=O. The van der Waals surface area contributed by atoms with Gasteiger partial charge in [0.15, 0.2) is 0 Å². The lowest BCUT2D eigenvalue weighted by atomic mass is 9.92. The Kier molecular flexibility index (Phi) is 5.56. The highest BCUT2D eigenvalue weighted by Gasteiger charge is 2.49. The van der Waals surface area contributed by atoms with Crippen molar-refractivity contribution in [1.82, 2.24) is 15.5 Å². The minimum Gasteiger partial charge on any atom is -0.383 e. The smallest absolute Gasteiger partial charge is 0.325 e. The average Bonchev–Trinajstić information content (AvgIpc) is 2.79. The lowest BCUT2D eigenvalue weighted by molar-refractivity contribution is -0.384. The third-order valence-electron chi connectivity index (χ3n) is 4.06. The van der Waals surface area contributed by atoms with Crippen molar-refractivity contribution in [3.8, 4) is 0 Å². The number of nitro benzene ring substituents is 1. The van der Waals surface area contributed by atoms with Gasteiger partial charge in [0, 0.05) is 25.3 Å². The van der Waals surface area contributed by atoms with E-state index in [4.69, 9.17) is 4.74 Å². The minimum absolute atomic E-state index is 0.127. The molecule has 0 unspecified atom stereocenters. The second kappa shape index (κ2) is 7.48. The standard InChI is InChI=1S/C16H20N4O6/c1-10(9-26-3)17-13(21)8-19-14(22)16(2,18-15(19)23)11-4-6-12(7-5-11)20(24)25/h4-7,10H,8-9H2,1-3H3,(H,17,21)(H,18,23)/t10-,16+/m0/s1. The van der Waals surface area contributed by atoms with Gasteiger partial charge in [0.2, 0.25) is 5.91 Å². The molecule has 10 nitrogen and oxygen atoms in total. The zero-order valence-electron chi connectivity index (χ0n) is 14.6. The lowest BCUT2D eigenvalue weighted by Crippen LogP contribution is -2.45. The molecule has 0 bridgehead atoms. The first kappa shape index (κ1) is 19.3. The van der Waals surface area contributed by atoms with Gasteiger partial charge in [-0.1, -0.05) is 0 Å². The van der Waals surface area contributed by atoms with E-state index in [0.29, 0.717) is 12.2 Å². The summed E-state index contributed by atoms with van der Waals surface area (Å²) in [6.07, 6.45) is 0. The number of nitro groups is 1. The summed E-state index contributed by atoms with van der Waals surface area (Å²) in [5.74, 6) is -1.10. The van der Waals surface area contributed by atoms with E-state index in [1.54, 1.807) is 6.92 Å². The Morgan fingerprint density at radius 2 is 2.00 bits per heavy atom. The normalized spacial score (nSPS) is 20.7. The Hall–Kier alpha value is -3.01. The van der Waals surface area contributed by atoms with Crippen LogP contribution in [0.4, 0.5) is 10.5 Å². The second-order valence-electron chi connectivity index (χ2n) is 6.17. The molecule has 0 radical (unpaired) electrons. The quantitative estimate of drug-likeness (QED) is 0.412. The van der Waals surface area contributed by atoms with E-state index in [-0.39, 0.29) is 11.7 Å². The first-order chi connectivity index (χ1) is 12.2. The highest BCUT2D eigenvalue weighted by molar-refractivity contribution is 6.09. The average molecular weight is 364 g/mol. The van der Waals surface area contributed by atoms with E-state index >= 15 is 0 Å². The van der Waals surface area contributed by atoms with Crippen LogP contribution in [-0.4, -0.2) is 54.0 Å². The molecule has 1 saturated heterocycles. The molecule has 140 valence electrons. The molecule has 2 rings (SSSR count). The fraction of sp³-hybridized carbons (Fsp3) is 0.438. The van der Waals surface area contributed by atoms with Gasteiger partial charge < -0.3 is 15.4 Å². The molecule has 1 fully saturated rings. The molecule has 1 aromatic rings. The van der Waals surface area contributed by atoms with E-state index in [1.165, 1.54) is 38.3 Å². The van der Waals surface area contributed by atoms with Gasteiger partial charge in [-0.25, -0.2) is 4.79 Å². The van der Waals surface area contributed by atoms with Gasteiger partial charge in [0.1, 0.15) is 12.1 Å². The van der Waals surface area contributed by atoms with Crippen molar-refractivity contribution in [3.05, 3.63) is 39.9 Å². The maximum absolute atomic E-state index is 12.7. The first-order valence-corrected chi connectivity index (χ1v) is 7.86. The third kappa shape index (κ3) is 3.80. The van der Waals surface area contributed by atoms with Crippen molar-refractivity contribution < 1.29 is 24.0 Å². The number of urea groups is 1. The molecular formula is C16H20N4O6.